The molecule has 0 aromatic carbocycles. The van der Waals surface area contributed by atoms with Crippen LogP contribution in [-0.2, 0) is 6.42 Å². The molecule has 0 radical (unpaired) electrons. The van der Waals surface area contributed by atoms with Gasteiger partial charge in [-0.05, 0) is 18.8 Å². The minimum atomic E-state index is -0.369. The first-order valence-electron chi connectivity index (χ1n) is 6.03. The Labute approximate surface area is 102 Å². The number of nitrogens with two attached hydrogens (primary N) is 1. The first kappa shape index (κ1) is 13.8. The van der Waals surface area contributed by atoms with Crippen LogP contribution in [0, 0.1) is 11.7 Å². The van der Waals surface area contributed by atoms with E-state index in [0.717, 1.165) is 6.42 Å². The Hall–Kier alpha value is -1.23. The lowest BCUT2D eigenvalue weighted by Crippen LogP contribution is -2.31. The summed E-state index contributed by atoms with van der Waals surface area (Å²) in [6.07, 6.45) is 2.83. The van der Waals surface area contributed by atoms with E-state index in [-0.39, 0.29) is 17.7 Å². The van der Waals surface area contributed by atoms with Crippen molar-refractivity contribution in [2.24, 2.45) is 11.7 Å². The Morgan fingerprint density at radius 3 is 2.71 bits per heavy atom. The molecule has 1 heterocycles. The number of rotatable bonds is 6. The maximum atomic E-state index is 13.8. The van der Waals surface area contributed by atoms with Gasteiger partial charge in [-0.2, -0.15) is 0 Å². The summed E-state index contributed by atoms with van der Waals surface area (Å²) in [5, 5.41) is 2.94. The van der Waals surface area contributed by atoms with Crippen molar-refractivity contribution in [2.45, 2.75) is 39.7 Å². The molecule has 1 aromatic heterocycles. The van der Waals surface area contributed by atoms with Crippen molar-refractivity contribution in [2.75, 3.05) is 11.9 Å². The van der Waals surface area contributed by atoms with Crippen molar-refractivity contribution < 1.29 is 4.39 Å². The lowest BCUT2D eigenvalue weighted by Gasteiger charge is -2.15. The molecule has 1 rings (SSSR count). The Balaban J connectivity index is 2.57. The molecule has 1 atom stereocenters. The van der Waals surface area contributed by atoms with Gasteiger partial charge in [0, 0.05) is 12.6 Å². The van der Waals surface area contributed by atoms with Crippen LogP contribution in [0.5, 0.6) is 0 Å². The van der Waals surface area contributed by atoms with E-state index < -0.39 is 0 Å². The standard InChI is InChI=1S/C12H21FN4/c1-4-10-11(13)12(17-7-16-10)15-6-9(14)5-8(2)3/h7-9H,4-6,14H2,1-3H3,(H,15,16,17). The number of halogens is 1. The monoisotopic (exact) mass is 240 g/mol. The second-order valence-corrected chi connectivity index (χ2v) is 4.61. The second-order valence-electron chi connectivity index (χ2n) is 4.61. The van der Waals surface area contributed by atoms with Crippen molar-refractivity contribution >= 4 is 5.82 Å². The molecule has 0 saturated carbocycles. The Morgan fingerprint density at radius 1 is 1.41 bits per heavy atom. The van der Waals surface area contributed by atoms with Crippen LogP contribution in [0.25, 0.3) is 0 Å². The summed E-state index contributed by atoms with van der Waals surface area (Å²) in [5.41, 5.74) is 6.35. The highest BCUT2D eigenvalue weighted by molar-refractivity contribution is 5.37. The Morgan fingerprint density at radius 2 is 2.12 bits per heavy atom. The van der Waals surface area contributed by atoms with Crippen LogP contribution in [0.15, 0.2) is 6.33 Å². The Bertz CT molecular complexity index is 354. The predicted molar refractivity (Wildman–Crippen MR) is 67.3 cm³/mol. The molecular weight excluding hydrogens is 219 g/mol. The average Bonchev–Trinajstić information content (AvgIpc) is 2.27. The molecule has 5 heteroatoms. The normalized spacial score (nSPS) is 12.8. The zero-order valence-corrected chi connectivity index (χ0v) is 10.7. The Kier molecular flexibility index (Phi) is 5.28. The van der Waals surface area contributed by atoms with Crippen LogP contribution in [0.3, 0.4) is 0 Å². The molecule has 0 aliphatic heterocycles. The van der Waals surface area contributed by atoms with Gasteiger partial charge in [-0.25, -0.2) is 14.4 Å². The summed E-state index contributed by atoms with van der Waals surface area (Å²) in [6, 6.07) is 0.00874. The molecule has 0 fully saturated rings. The highest BCUT2D eigenvalue weighted by atomic mass is 19.1. The first-order chi connectivity index (χ1) is 8.04. The van der Waals surface area contributed by atoms with Crippen LogP contribution in [0.4, 0.5) is 10.2 Å². The van der Waals surface area contributed by atoms with Crippen molar-refractivity contribution in [3.8, 4) is 0 Å². The third-order valence-electron chi connectivity index (χ3n) is 2.50. The summed E-state index contributed by atoms with van der Waals surface area (Å²) in [4.78, 5) is 7.76. The molecule has 3 N–H and O–H groups in total. The van der Waals surface area contributed by atoms with Crippen LogP contribution in [0.2, 0.25) is 0 Å². The molecule has 0 aliphatic rings. The summed E-state index contributed by atoms with van der Waals surface area (Å²) in [5.74, 6) is 0.413. The number of nitrogens with one attached hydrogen (secondary N) is 1. The van der Waals surface area contributed by atoms with Gasteiger partial charge < -0.3 is 11.1 Å². The summed E-state index contributed by atoms with van der Waals surface area (Å²) < 4.78 is 13.8. The van der Waals surface area contributed by atoms with Gasteiger partial charge >= 0.3 is 0 Å². The van der Waals surface area contributed by atoms with Crippen LogP contribution in [0.1, 0.15) is 32.9 Å². The van der Waals surface area contributed by atoms with Gasteiger partial charge in [0.1, 0.15) is 6.33 Å². The van der Waals surface area contributed by atoms with Crippen molar-refractivity contribution in [1.82, 2.24) is 9.97 Å². The molecule has 96 valence electrons. The number of hydrogen-bond acceptors (Lipinski definition) is 4. The van der Waals surface area contributed by atoms with E-state index in [2.05, 4.69) is 29.1 Å². The lowest BCUT2D eigenvalue weighted by molar-refractivity contribution is 0.506. The number of aromatic nitrogens is 2. The first-order valence-corrected chi connectivity index (χ1v) is 6.03. The van der Waals surface area contributed by atoms with Crippen molar-refractivity contribution in [3.05, 3.63) is 17.8 Å². The van der Waals surface area contributed by atoms with E-state index in [4.69, 9.17) is 5.73 Å². The van der Waals surface area contributed by atoms with Gasteiger partial charge in [0.15, 0.2) is 11.6 Å². The van der Waals surface area contributed by atoms with Gasteiger partial charge in [0.25, 0.3) is 0 Å². The fourth-order valence-corrected chi connectivity index (χ4v) is 1.69. The summed E-state index contributed by atoms with van der Waals surface area (Å²) in [6.45, 7) is 6.61. The molecule has 0 bridgehead atoms. The quantitative estimate of drug-likeness (QED) is 0.798. The van der Waals surface area contributed by atoms with Crippen LogP contribution in [-0.4, -0.2) is 22.6 Å². The van der Waals surface area contributed by atoms with Crippen LogP contribution < -0.4 is 11.1 Å². The molecule has 17 heavy (non-hydrogen) atoms. The summed E-state index contributed by atoms with van der Waals surface area (Å²) in [7, 11) is 0. The highest BCUT2D eigenvalue weighted by Crippen LogP contribution is 2.13. The number of anilines is 1. The molecular formula is C12H21FN4. The molecule has 0 aliphatic carbocycles. The maximum Gasteiger partial charge on any atom is 0.186 e. The molecule has 0 saturated heterocycles. The second kappa shape index (κ2) is 6.49. The molecule has 1 unspecified atom stereocenters. The third-order valence-corrected chi connectivity index (χ3v) is 2.50. The fourth-order valence-electron chi connectivity index (χ4n) is 1.69. The van der Waals surface area contributed by atoms with Crippen molar-refractivity contribution in [1.29, 1.82) is 0 Å². The molecule has 0 amide bonds. The largest absolute Gasteiger partial charge is 0.366 e. The highest BCUT2D eigenvalue weighted by Gasteiger charge is 2.11. The van der Waals surface area contributed by atoms with Gasteiger partial charge in [-0.1, -0.05) is 20.8 Å². The number of hydrogen-bond donors (Lipinski definition) is 2. The van der Waals surface area contributed by atoms with E-state index in [0.29, 0.717) is 24.6 Å². The van der Waals surface area contributed by atoms with Gasteiger partial charge in [0.05, 0.1) is 5.69 Å². The fraction of sp³-hybridized carbons (Fsp3) is 0.667. The number of aryl methyl sites for hydroxylation is 1. The smallest absolute Gasteiger partial charge is 0.186 e. The predicted octanol–water partition coefficient (Wildman–Crippen LogP) is 1.96. The SMILES string of the molecule is CCc1ncnc(NCC(N)CC(C)C)c1F. The van der Waals surface area contributed by atoms with E-state index in [1.165, 1.54) is 6.33 Å². The molecule has 1 aromatic rings. The van der Waals surface area contributed by atoms with E-state index in [1.54, 1.807) is 0 Å². The topological polar surface area (TPSA) is 63.8 Å². The lowest BCUT2D eigenvalue weighted by atomic mass is 10.0. The van der Waals surface area contributed by atoms with Gasteiger partial charge in [-0.3, -0.25) is 0 Å². The van der Waals surface area contributed by atoms with E-state index in [9.17, 15) is 4.39 Å². The van der Waals surface area contributed by atoms with Crippen molar-refractivity contribution in [3.63, 3.8) is 0 Å². The summed E-state index contributed by atoms with van der Waals surface area (Å²) >= 11 is 0. The third kappa shape index (κ3) is 4.26. The molecule has 0 spiro atoms. The van der Waals surface area contributed by atoms with E-state index >= 15 is 0 Å². The zero-order valence-electron chi connectivity index (χ0n) is 10.7. The zero-order chi connectivity index (χ0) is 12.8. The average molecular weight is 240 g/mol. The number of nitrogens with zero attached hydrogens (tertiary/aromatic N) is 2. The van der Waals surface area contributed by atoms with Crippen LogP contribution >= 0.6 is 0 Å². The van der Waals surface area contributed by atoms with E-state index in [1.807, 2.05) is 6.92 Å². The maximum absolute atomic E-state index is 13.8. The minimum absolute atomic E-state index is 0.00874. The van der Waals surface area contributed by atoms with Gasteiger partial charge in [0.2, 0.25) is 0 Å². The van der Waals surface area contributed by atoms with Gasteiger partial charge in [-0.15, -0.1) is 0 Å². The molecule has 4 nitrogen and oxygen atoms in total. The minimum Gasteiger partial charge on any atom is -0.366 e.